The zero-order valence-electron chi connectivity index (χ0n) is 14.6. The Morgan fingerprint density at radius 2 is 1.76 bits per heavy atom. The summed E-state index contributed by atoms with van der Waals surface area (Å²) in [6.45, 7) is 15.0. The van der Waals surface area contributed by atoms with Crippen LogP contribution in [0.25, 0.3) is 0 Å². The fourth-order valence-corrected chi connectivity index (χ4v) is 4.48. The predicted octanol–water partition coefficient (Wildman–Crippen LogP) is 4.70. The van der Waals surface area contributed by atoms with E-state index in [2.05, 4.69) is 58.6 Å². The molecule has 1 aromatic rings. The van der Waals surface area contributed by atoms with Crippen LogP contribution in [0.4, 0.5) is 0 Å². The lowest BCUT2D eigenvalue weighted by atomic mass is 9.94. The molecule has 1 fully saturated rings. The topological polar surface area (TPSA) is 29.3 Å². The Labute approximate surface area is 134 Å². The van der Waals surface area contributed by atoms with Crippen molar-refractivity contribution in [2.24, 2.45) is 5.73 Å². The molecule has 120 valence electrons. The molecule has 0 spiro atoms. The minimum Gasteiger partial charge on any atom is -0.326 e. The van der Waals surface area contributed by atoms with E-state index in [9.17, 15) is 0 Å². The number of nitrogens with two attached hydrogens (primary N) is 1. The summed E-state index contributed by atoms with van der Waals surface area (Å²) in [6, 6.07) is 5.24. The average molecular weight is 309 g/mol. The quantitative estimate of drug-likeness (QED) is 0.815. The van der Waals surface area contributed by atoms with E-state index in [1.54, 1.807) is 0 Å². The van der Waals surface area contributed by atoms with Crippen LogP contribution in [0, 0.1) is 0 Å². The van der Waals surface area contributed by atoms with Crippen molar-refractivity contribution in [3.8, 4) is 0 Å². The third-order valence-corrected chi connectivity index (χ3v) is 6.03. The molecule has 2 N–H and O–H groups in total. The van der Waals surface area contributed by atoms with Crippen LogP contribution in [-0.2, 0) is 5.41 Å². The molecule has 2 rings (SSSR count). The summed E-state index contributed by atoms with van der Waals surface area (Å²) in [5.41, 5.74) is 6.97. The monoisotopic (exact) mass is 308 g/mol. The molecule has 1 aliphatic heterocycles. The van der Waals surface area contributed by atoms with Crippen LogP contribution in [0.2, 0.25) is 0 Å². The minimum absolute atomic E-state index is 0.165. The number of hydrogen-bond donors (Lipinski definition) is 1. The molecule has 0 radical (unpaired) electrons. The van der Waals surface area contributed by atoms with Gasteiger partial charge in [-0.3, -0.25) is 4.90 Å². The molecule has 1 aliphatic rings. The van der Waals surface area contributed by atoms with Crippen molar-refractivity contribution in [3.05, 3.63) is 21.9 Å². The molecule has 0 saturated carbocycles. The van der Waals surface area contributed by atoms with Crippen LogP contribution in [0.5, 0.6) is 0 Å². The van der Waals surface area contributed by atoms with E-state index < -0.39 is 0 Å². The lowest BCUT2D eigenvalue weighted by Gasteiger charge is -2.42. The summed E-state index contributed by atoms with van der Waals surface area (Å²) in [5.74, 6) is 0. The summed E-state index contributed by atoms with van der Waals surface area (Å²) >= 11 is 1.96. The molecule has 0 amide bonds. The second-order valence-corrected chi connectivity index (χ2v) is 9.54. The zero-order valence-corrected chi connectivity index (χ0v) is 15.4. The molecule has 1 aromatic heterocycles. The van der Waals surface area contributed by atoms with Gasteiger partial charge in [0.15, 0.2) is 0 Å². The highest BCUT2D eigenvalue weighted by atomic mass is 32.1. The summed E-state index contributed by atoms with van der Waals surface area (Å²) in [4.78, 5) is 5.54. The molecule has 21 heavy (non-hydrogen) atoms. The zero-order chi connectivity index (χ0) is 15.8. The number of nitrogens with zero attached hydrogens (tertiary/aromatic N) is 1. The van der Waals surface area contributed by atoms with Gasteiger partial charge >= 0.3 is 0 Å². The number of likely N-dealkylation sites (tertiary alicyclic amines) is 1. The maximum Gasteiger partial charge on any atom is 0.0597 e. The van der Waals surface area contributed by atoms with Crippen molar-refractivity contribution in [3.63, 3.8) is 0 Å². The number of thiophene rings is 1. The Morgan fingerprint density at radius 1 is 1.10 bits per heavy atom. The Hall–Kier alpha value is -0.380. The Bertz CT molecular complexity index is 464. The molecule has 0 aromatic carbocycles. The van der Waals surface area contributed by atoms with Crippen molar-refractivity contribution in [2.45, 2.75) is 83.8 Å². The Morgan fingerprint density at radius 3 is 2.29 bits per heavy atom. The third-order valence-electron chi connectivity index (χ3n) is 4.45. The van der Waals surface area contributed by atoms with Crippen molar-refractivity contribution >= 4 is 11.3 Å². The third kappa shape index (κ3) is 3.88. The van der Waals surface area contributed by atoms with E-state index in [0.717, 1.165) is 13.0 Å². The van der Waals surface area contributed by atoms with Gasteiger partial charge in [0.25, 0.3) is 0 Å². The van der Waals surface area contributed by atoms with Crippen LogP contribution < -0.4 is 5.73 Å². The molecule has 1 saturated heterocycles. The standard InChI is InChI=1S/C18H32N2S/c1-17(2,3)15-11-10-14(21-15)16-13(19)9-7-8-12-20(16)18(4,5)6/h10-11,13,16H,7-9,12,19H2,1-6H3. The van der Waals surface area contributed by atoms with Crippen molar-refractivity contribution < 1.29 is 0 Å². The molecular formula is C18H32N2S. The van der Waals surface area contributed by atoms with E-state index in [-0.39, 0.29) is 17.0 Å². The summed E-state index contributed by atoms with van der Waals surface area (Å²) in [7, 11) is 0. The highest BCUT2D eigenvalue weighted by Gasteiger charge is 2.36. The van der Waals surface area contributed by atoms with Gasteiger partial charge in [0.2, 0.25) is 0 Å². The lowest BCUT2D eigenvalue weighted by Crippen LogP contribution is -2.48. The van der Waals surface area contributed by atoms with Gasteiger partial charge in [0, 0.05) is 21.3 Å². The lowest BCUT2D eigenvalue weighted by molar-refractivity contribution is 0.0774. The van der Waals surface area contributed by atoms with E-state index in [1.165, 1.54) is 22.6 Å². The molecule has 3 heteroatoms. The van der Waals surface area contributed by atoms with Crippen LogP contribution >= 0.6 is 11.3 Å². The summed E-state index contributed by atoms with van der Waals surface area (Å²) in [5, 5.41) is 0. The Balaban J connectivity index is 2.37. The van der Waals surface area contributed by atoms with Gasteiger partial charge in [0.05, 0.1) is 6.04 Å². The molecule has 2 heterocycles. The largest absolute Gasteiger partial charge is 0.326 e. The maximum absolute atomic E-state index is 6.58. The van der Waals surface area contributed by atoms with Crippen molar-refractivity contribution in [1.29, 1.82) is 0 Å². The predicted molar refractivity (Wildman–Crippen MR) is 94.0 cm³/mol. The molecule has 0 aliphatic carbocycles. The average Bonchev–Trinajstić information content (AvgIpc) is 2.72. The van der Waals surface area contributed by atoms with Gasteiger partial charge in [-0.25, -0.2) is 0 Å². The van der Waals surface area contributed by atoms with E-state index in [1.807, 2.05) is 11.3 Å². The van der Waals surface area contributed by atoms with Gasteiger partial charge in [-0.15, -0.1) is 11.3 Å². The SMILES string of the molecule is CC(C)(C)c1ccc(C2C(N)CCCCN2C(C)(C)C)s1. The minimum atomic E-state index is 0.165. The maximum atomic E-state index is 6.58. The van der Waals surface area contributed by atoms with Crippen LogP contribution in [0.15, 0.2) is 12.1 Å². The van der Waals surface area contributed by atoms with E-state index in [0.29, 0.717) is 6.04 Å². The first-order valence-corrected chi connectivity index (χ1v) is 9.05. The normalized spacial score (nSPS) is 25.9. The molecular weight excluding hydrogens is 276 g/mol. The highest BCUT2D eigenvalue weighted by molar-refractivity contribution is 7.12. The molecule has 2 unspecified atom stereocenters. The van der Waals surface area contributed by atoms with Crippen LogP contribution in [0.1, 0.15) is 76.6 Å². The fraction of sp³-hybridized carbons (Fsp3) is 0.778. The fourth-order valence-electron chi connectivity index (χ4n) is 3.22. The summed E-state index contributed by atoms with van der Waals surface area (Å²) in [6.07, 6.45) is 3.65. The number of rotatable bonds is 1. The van der Waals surface area contributed by atoms with E-state index >= 15 is 0 Å². The van der Waals surface area contributed by atoms with Crippen molar-refractivity contribution in [2.75, 3.05) is 6.54 Å². The van der Waals surface area contributed by atoms with Crippen LogP contribution in [-0.4, -0.2) is 23.0 Å². The first kappa shape index (κ1) is 17.0. The Kier molecular flexibility index (Phi) is 4.87. The van der Waals surface area contributed by atoms with Crippen molar-refractivity contribution in [1.82, 2.24) is 4.90 Å². The number of hydrogen-bond acceptors (Lipinski definition) is 3. The van der Waals surface area contributed by atoms with Gasteiger partial charge < -0.3 is 5.73 Å². The first-order valence-electron chi connectivity index (χ1n) is 8.23. The molecule has 2 atom stereocenters. The first-order chi connectivity index (χ1) is 9.60. The van der Waals surface area contributed by atoms with Gasteiger partial charge in [0.1, 0.15) is 0 Å². The molecule has 0 bridgehead atoms. The van der Waals surface area contributed by atoms with E-state index in [4.69, 9.17) is 5.73 Å². The molecule has 2 nitrogen and oxygen atoms in total. The summed E-state index contributed by atoms with van der Waals surface area (Å²) < 4.78 is 0. The van der Waals surface area contributed by atoms with Gasteiger partial charge in [-0.1, -0.05) is 27.2 Å². The smallest absolute Gasteiger partial charge is 0.0597 e. The van der Waals surface area contributed by atoms with Gasteiger partial charge in [-0.05, 0) is 57.7 Å². The second kappa shape index (κ2) is 6.02. The van der Waals surface area contributed by atoms with Crippen LogP contribution in [0.3, 0.4) is 0 Å². The van der Waals surface area contributed by atoms with Gasteiger partial charge in [-0.2, -0.15) is 0 Å². The second-order valence-electron chi connectivity index (χ2n) is 8.42. The highest BCUT2D eigenvalue weighted by Crippen LogP contribution is 2.40.